The zero-order valence-electron chi connectivity index (χ0n) is 9.02. The molecule has 0 bridgehead atoms. The molecular weight excluding hydrogens is 226 g/mol. The van der Waals surface area contributed by atoms with E-state index in [1.807, 2.05) is 6.07 Å². The predicted molar refractivity (Wildman–Crippen MR) is 63.2 cm³/mol. The lowest BCUT2D eigenvalue weighted by atomic mass is 10.2. The van der Waals surface area contributed by atoms with E-state index in [9.17, 15) is 8.42 Å². The predicted octanol–water partition coefficient (Wildman–Crippen LogP) is -0.228. The topological polar surface area (TPSA) is 98.2 Å². The third kappa shape index (κ3) is 4.28. The molecule has 16 heavy (non-hydrogen) atoms. The summed E-state index contributed by atoms with van der Waals surface area (Å²) in [5, 5.41) is 8.20. The highest BCUT2D eigenvalue weighted by molar-refractivity contribution is 7.89. The van der Waals surface area contributed by atoms with Gasteiger partial charge in [0.1, 0.15) is 0 Å². The molecule has 1 aromatic rings. The third-order valence-corrected chi connectivity index (χ3v) is 3.02. The van der Waals surface area contributed by atoms with Crippen molar-refractivity contribution in [2.45, 2.75) is 17.9 Å². The molecule has 0 aliphatic carbocycles. The van der Waals surface area contributed by atoms with Gasteiger partial charge in [0.25, 0.3) is 0 Å². The monoisotopic (exact) mass is 243 g/mol. The first-order valence-electron chi connectivity index (χ1n) is 5.06. The first-order chi connectivity index (χ1) is 7.54. The van der Waals surface area contributed by atoms with Crippen LogP contribution < -0.4 is 16.2 Å². The maximum absolute atomic E-state index is 11.1. The molecule has 0 radical (unpaired) electrons. The van der Waals surface area contributed by atoms with Crippen molar-refractivity contribution in [2.75, 3.05) is 13.1 Å². The molecule has 0 unspecified atom stereocenters. The standard InChI is InChI=1S/C10H17N3O2S/c11-5-2-6-13-8-9-3-1-4-10(7-9)16(12,14)15/h1,3-4,7,13H,2,5-6,8,11H2,(H2,12,14,15). The normalized spacial score (nSPS) is 11.6. The second-order valence-electron chi connectivity index (χ2n) is 3.51. The van der Waals surface area contributed by atoms with Crippen molar-refractivity contribution in [3.8, 4) is 0 Å². The van der Waals surface area contributed by atoms with Crippen LogP contribution in [0.3, 0.4) is 0 Å². The van der Waals surface area contributed by atoms with Crippen LogP contribution in [0.5, 0.6) is 0 Å². The maximum Gasteiger partial charge on any atom is 0.238 e. The summed E-state index contributed by atoms with van der Waals surface area (Å²) in [5.41, 5.74) is 6.25. The quantitative estimate of drug-likeness (QED) is 0.601. The average Bonchev–Trinajstić information content (AvgIpc) is 2.24. The molecule has 0 spiro atoms. The van der Waals surface area contributed by atoms with E-state index in [-0.39, 0.29) is 4.90 Å². The van der Waals surface area contributed by atoms with Crippen LogP contribution >= 0.6 is 0 Å². The van der Waals surface area contributed by atoms with Gasteiger partial charge in [0, 0.05) is 6.54 Å². The molecule has 0 aliphatic heterocycles. The second-order valence-corrected chi connectivity index (χ2v) is 5.07. The Morgan fingerprint density at radius 3 is 2.69 bits per heavy atom. The van der Waals surface area contributed by atoms with Gasteiger partial charge in [-0.25, -0.2) is 13.6 Å². The summed E-state index contributed by atoms with van der Waals surface area (Å²) < 4.78 is 22.2. The largest absolute Gasteiger partial charge is 0.330 e. The van der Waals surface area contributed by atoms with Crippen LogP contribution in [0, 0.1) is 0 Å². The van der Waals surface area contributed by atoms with Crippen molar-refractivity contribution in [3.63, 3.8) is 0 Å². The minimum absolute atomic E-state index is 0.144. The Morgan fingerprint density at radius 2 is 2.06 bits per heavy atom. The fourth-order valence-corrected chi connectivity index (χ4v) is 1.88. The number of nitrogens with two attached hydrogens (primary N) is 2. The van der Waals surface area contributed by atoms with Gasteiger partial charge in [-0.3, -0.25) is 0 Å². The van der Waals surface area contributed by atoms with Crippen LogP contribution in [0.4, 0.5) is 0 Å². The Balaban J connectivity index is 2.62. The molecule has 0 saturated heterocycles. The molecule has 0 aromatic heterocycles. The van der Waals surface area contributed by atoms with Gasteiger partial charge in [-0.05, 0) is 37.2 Å². The summed E-state index contributed by atoms with van der Waals surface area (Å²) in [6.07, 6.45) is 0.898. The zero-order valence-corrected chi connectivity index (χ0v) is 9.83. The van der Waals surface area contributed by atoms with Gasteiger partial charge in [-0.2, -0.15) is 0 Å². The minimum atomic E-state index is -3.61. The van der Waals surface area contributed by atoms with Gasteiger partial charge in [0.2, 0.25) is 10.0 Å². The summed E-state index contributed by atoms with van der Waals surface area (Å²) >= 11 is 0. The zero-order chi connectivity index (χ0) is 12.0. The molecule has 0 heterocycles. The van der Waals surface area contributed by atoms with E-state index >= 15 is 0 Å². The number of benzene rings is 1. The summed E-state index contributed by atoms with van der Waals surface area (Å²) in [6.45, 7) is 2.07. The molecule has 0 aliphatic rings. The fourth-order valence-electron chi connectivity index (χ4n) is 1.29. The Labute approximate surface area is 95.9 Å². The molecule has 0 fully saturated rings. The summed E-state index contributed by atoms with van der Waals surface area (Å²) in [6, 6.07) is 6.59. The Hall–Kier alpha value is -0.950. The SMILES string of the molecule is NCCCNCc1cccc(S(N)(=O)=O)c1. The van der Waals surface area contributed by atoms with Crippen molar-refractivity contribution < 1.29 is 8.42 Å². The van der Waals surface area contributed by atoms with Crippen LogP contribution in [-0.4, -0.2) is 21.5 Å². The van der Waals surface area contributed by atoms with Crippen LogP contribution in [0.25, 0.3) is 0 Å². The lowest BCUT2D eigenvalue weighted by molar-refractivity contribution is 0.597. The summed E-state index contributed by atoms with van der Waals surface area (Å²) in [4.78, 5) is 0.144. The van der Waals surface area contributed by atoms with Crippen molar-refractivity contribution in [2.24, 2.45) is 10.9 Å². The Bertz CT molecular complexity index is 431. The first kappa shape index (κ1) is 13.1. The summed E-state index contributed by atoms with van der Waals surface area (Å²) in [5.74, 6) is 0. The van der Waals surface area contributed by atoms with E-state index < -0.39 is 10.0 Å². The molecule has 0 amide bonds. The van der Waals surface area contributed by atoms with Gasteiger partial charge in [-0.15, -0.1) is 0 Å². The molecule has 6 heteroatoms. The van der Waals surface area contributed by atoms with Crippen molar-refractivity contribution >= 4 is 10.0 Å². The van der Waals surface area contributed by atoms with E-state index in [0.29, 0.717) is 13.1 Å². The Morgan fingerprint density at radius 1 is 1.31 bits per heavy atom. The van der Waals surface area contributed by atoms with Crippen LogP contribution in [-0.2, 0) is 16.6 Å². The van der Waals surface area contributed by atoms with Gasteiger partial charge in [0.05, 0.1) is 4.90 Å². The van der Waals surface area contributed by atoms with E-state index in [0.717, 1.165) is 18.5 Å². The van der Waals surface area contributed by atoms with E-state index in [4.69, 9.17) is 10.9 Å². The number of primary sulfonamides is 1. The highest BCUT2D eigenvalue weighted by Crippen LogP contribution is 2.09. The Kier molecular flexibility index (Phi) is 4.88. The highest BCUT2D eigenvalue weighted by Gasteiger charge is 2.07. The van der Waals surface area contributed by atoms with E-state index in [1.165, 1.54) is 6.07 Å². The van der Waals surface area contributed by atoms with Gasteiger partial charge < -0.3 is 11.1 Å². The number of sulfonamides is 1. The van der Waals surface area contributed by atoms with Crippen LogP contribution in [0.1, 0.15) is 12.0 Å². The molecule has 1 rings (SSSR count). The number of rotatable bonds is 6. The van der Waals surface area contributed by atoms with Gasteiger partial charge in [-0.1, -0.05) is 12.1 Å². The molecule has 5 nitrogen and oxygen atoms in total. The highest BCUT2D eigenvalue weighted by atomic mass is 32.2. The van der Waals surface area contributed by atoms with Crippen molar-refractivity contribution in [3.05, 3.63) is 29.8 Å². The van der Waals surface area contributed by atoms with E-state index in [1.54, 1.807) is 12.1 Å². The van der Waals surface area contributed by atoms with Gasteiger partial charge in [0.15, 0.2) is 0 Å². The average molecular weight is 243 g/mol. The minimum Gasteiger partial charge on any atom is -0.330 e. The lowest BCUT2D eigenvalue weighted by Crippen LogP contribution is -2.18. The van der Waals surface area contributed by atoms with Crippen LogP contribution in [0.2, 0.25) is 0 Å². The molecule has 1 aromatic carbocycles. The number of hydrogen-bond donors (Lipinski definition) is 3. The molecule has 90 valence electrons. The van der Waals surface area contributed by atoms with Crippen molar-refractivity contribution in [1.82, 2.24) is 5.32 Å². The van der Waals surface area contributed by atoms with Gasteiger partial charge >= 0.3 is 0 Å². The molecule has 0 atom stereocenters. The smallest absolute Gasteiger partial charge is 0.238 e. The third-order valence-electron chi connectivity index (χ3n) is 2.11. The molecule has 0 saturated carbocycles. The fraction of sp³-hybridized carbons (Fsp3) is 0.400. The number of nitrogens with one attached hydrogen (secondary N) is 1. The lowest BCUT2D eigenvalue weighted by Gasteiger charge is -2.05. The summed E-state index contributed by atoms with van der Waals surface area (Å²) in [7, 11) is -3.61. The molecule has 5 N–H and O–H groups in total. The van der Waals surface area contributed by atoms with E-state index in [2.05, 4.69) is 5.32 Å². The number of hydrogen-bond acceptors (Lipinski definition) is 4. The molecular formula is C10H17N3O2S. The van der Waals surface area contributed by atoms with Crippen LogP contribution in [0.15, 0.2) is 29.2 Å². The maximum atomic E-state index is 11.1. The second kappa shape index (κ2) is 5.95. The first-order valence-corrected chi connectivity index (χ1v) is 6.61. The van der Waals surface area contributed by atoms with Crippen molar-refractivity contribution in [1.29, 1.82) is 0 Å².